The number of rotatable bonds is 4. The summed E-state index contributed by atoms with van der Waals surface area (Å²) in [5.74, 6) is 0.352. The highest BCUT2D eigenvalue weighted by molar-refractivity contribution is 8.00. The number of hydrogen-bond donors (Lipinski definition) is 2. The summed E-state index contributed by atoms with van der Waals surface area (Å²) in [6.45, 7) is 2.66. The van der Waals surface area contributed by atoms with Crippen LogP contribution in [-0.4, -0.2) is 27.6 Å². The summed E-state index contributed by atoms with van der Waals surface area (Å²) >= 11 is 3.41. The largest absolute Gasteiger partial charge is 0.480 e. The van der Waals surface area contributed by atoms with Crippen molar-refractivity contribution in [2.45, 2.75) is 37.1 Å². The van der Waals surface area contributed by atoms with Gasteiger partial charge in [0.05, 0.1) is 0 Å². The summed E-state index contributed by atoms with van der Waals surface area (Å²) in [6, 6.07) is 4.03. The first kappa shape index (κ1) is 12.9. The first-order valence-electron chi connectivity index (χ1n) is 5.77. The van der Waals surface area contributed by atoms with Gasteiger partial charge in [0.1, 0.15) is 5.54 Å². The molecule has 0 bridgehead atoms. The van der Waals surface area contributed by atoms with Gasteiger partial charge in [-0.3, -0.25) is 10.1 Å². The fourth-order valence-corrected chi connectivity index (χ4v) is 4.10. The first-order valence-corrected chi connectivity index (χ1v) is 7.70. The summed E-state index contributed by atoms with van der Waals surface area (Å²) < 4.78 is 0. The van der Waals surface area contributed by atoms with Crippen molar-refractivity contribution >= 4 is 29.1 Å². The van der Waals surface area contributed by atoms with Gasteiger partial charge in [0.2, 0.25) is 0 Å². The Morgan fingerprint density at radius 3 is 3.12 bits per heavy atom. The monoisotopic (exact) mass is 271 g/mol. The van der Waals surface area contributed by atoms with Crippen molar-refractivity contribution in [1.82, 2.24) is 5.32 Å². The Bertz CT molecular complexity index is 380. The summed E-state index contributed by atoms with van der Waals surface area (Å²) in [4.78, 5) is 12.8. The maximum absolute atomic E-state index is 11.6. The molecule has 0 aromatic carbocycles. The number of hydrogen-bond acceptors (Lipinski definition) is 4. The molecule has 0 aliphatic carbocycles. The lowest BCUT2D eigenvalue weighted by Gasteiger charge is -2.39. The summed E-state index contributed by atoms with van der Waals surface area (Å²) in [6.07, 6.45) is 1.70. The van der Waals surface area contributed by atoms with Gasteiger partial charge in [-0.05, 0) is 30.0 Å². The quantitative estimate of drug-likeness (QED) is 0.883. The molecule has 0 amide bonds. The third-order valence-corrected chi connectivity index (χ3v) is 5.62. The summed E-state index contributed by atoms with van der Waals surface area (Å²) in [5, 5.41) is 14.9. The van der Waals surface area contributed by atoms with Crippen LogP contribution in [-0.2, 0) is 11.3 Å². The minimum atomic E-state index is -0.757. The number of carboxylic acid groups (broad SMARTS) is 1. The van der Waals surface area contributed by atoms with Crippen LogP contribution in [0, 0.1) is 0 Å². The van der Waals surface area contributed by atoms with Crippen LogP contribution < -0.4 is 5.32 Å². The smallest absolute Gasteiger partial charge is 0.325 e. The molecule has 1 aliphatic rings. The minimum absolute atomic E-state index is 0.119. The van der Waals surface area contributed by atoms with Gasteiger partial charge in [-0.2, -0.15) is 11.8 Å². The average molecular weight is 271 g/mol. The van der Waals surface area contributed by atoms with Crippen molar-refractivity contribution in [3.63, 3.8) is 0 Å². The second-order valence-electron chi connectivity index (χ2n) is 4.33. The van der Waals surface area contributed by atoms with E-state index in [9.17, 15) is 9.90 Å². The number of nitrogens with one attached hydrogen (secondary N) is 1. The van der Waals surface area contributed by atoms with Gasteiger partial charge >= 0.3 is 5.97 Å². The van der Waals surface area contributed by atoms with Crippen molar-refractivity contribution in [3.8, 4) is 0 Å². The van der Waals surface area contributed by atoms with Crippen LogP contribution in [0.5, 0.6) is 0 Å². The molecule has 0 radical (unpaired) electrons. The van der Waals surface area contributed by atoms with Gasteiger partial charge in [-0.15, -0.1) is 11.3 Å². The first-order chi connectivity index (χ1) is 8.15. The van der Waals surface area contributed by atoms with Crippen molar-refractivity contribution in [3.05, 3.63) is 22.4 Å². The molecule has 5 heteroatoms. The van der Waals surface area contributed by atoms with Crippen LogP contribution >= 0.6 is 23.1 Å². The van der Waals surface area contributed by atoms with E-state index in [1.165, 1.54) is 4.88 Å². The Kier molecular flexibility index (Phi) is 4.12. The number of carboxylic acids is 1. The van der Waals surface area contributed by atoms with E-state index in [2.05, 4.69) is 5.32 Å². The number of aliphatic carboxylic acids is 1. The Balaban J connectivity index is 2.08. The van der Waals surface area contributed by atoms with Gasteiger partial charge in [0, 0.05) is 16.7 Å². The fourth-order valence-electron chi connectivity index (χ4n) is 2.20. The third-order valence-electron chi connectivity index (χ3n) is 3.32. The molecule has 0 spiro atoms. The highest BCUT2D eigenvalue weighted by Crippen LogP contribution is 2.34. The average Bonchev–Trinajstić information content (AvgIpc) is 2.81. The predicted octanol–water partition coefficient (Wildman–Crippen LogP) is 2.58. The molecule has 0 saturated carbocycles. The highest BCUT2D eigenvalue weighted by atomic mass is 32.2. The number of thioether (sulfide) groups is 1. The van der Waals surface area contributed by atoms with E-state index in [1.54, 1.807) is 23.1 Å². The van der Waals surface area contributed by atoms with Crippen molar-refractivity contribution in [2.75, 3.05) is 5.75 Å². The van der Waals surface area contributed by atoms with Crippen LogP contribution in [0.2, 0.25) is 0 Å². The Morgan fingerprint density at radius 1 is 1.71 bits per heavy atom. The Hall–Kier alpha value is -0.520. The number of carbonyl (C=O) groups is 1. The molecule has 2 rings (SSSR count). The van der Waals surface area contributed by atoms with Crippen molar-refractivity contribution < 1.29 is 9.90 Å². The van der Waals surface area contributed by atoms with Crippen LogP contribution in [0.3, 0.4) is 0 Å². The van der Waals surface area contributed by atoms with E-state index >= 15 is 0 Å². The lowest BCUT2D eigenvalue weighted by Crippen LogP contribution is -2.59. The van der Waals surface area contributed by atoms with Gasteiger partial charge in [0.15, 0.2) is 0 Å². The fraction of sp³-hybridized carbons (Fsp3) is 0.583. The SMILES string of the molecule is CC1SCCCC1(NCc1cccs1)C(=O)O. The van der Waals surface area contributed by atoms with E-state index < -0.39 is 11.5 Å². The van der Waals surface area contributed by atoms with Crippen LogP contribution in [0.4, 0.5) is 0 Å². The lowest BCUT2D eigenvalue weighted by molar-refractivity contribution is -0.145. The molecule has 2 heterocycles. The zero-order chi connectivity index (χ0) is 12.3. The van der Waals surface area contributed by atoms with Crippen molar-refractivity contribution in [1.29, 1.82) is 0 Å². The van der Waals surface area contributed by atoms with Gasteiger partial charge in [-0.25, -0.2) is 0 Å². The van der Waals surface area contributed by atoms with E-state index in [0.717, 1.165) is 18.6 Å². The zero-order valence-corrected chi connectivity index (χ0v) is 11.4. The van der Waals surface area contributed by atoms with E-state index in [4.69, 9.17) is 0 Å². The predicted molar refractivity (Wildman–Crippen MR) is 72.7 cm³/mol. The Morgan fingerprint density at radius 2 is 2.53 bits per heavy atom. The van der Waals surface area contributed by atoms with Crippen LogP contribution in [0.1, 0.15) is 24.6 Å². The van der Waals surface area contributed by atoms with Crippen LogP contribution in [0.25, 0.3) is 0 Å². The highest BCUT2D eigenvalue weighted by Gasteiger charge is 2.45. The van der Waals surface area contributed by atoms with Gasteiger partial charge in [-0.1, -0.05) is 13.0 Å². The Labute approximate surface area is 110 Å². The summed E-state index contributed by atoms with van der Waals surface area (Å²) in [7, 11) is 0. The molecule has 1 aromatic heterocycles. The molecule has 1 aliphatic heterocycles. The molecule has 1 fully saturated rings. The standard InChI is InChI=1S/C12H17NO2S2/c1-9-12(11(14)15,5-3-7-16-9)13-8-10-4-2-6-17-10/h2,4,6,9,13H,3,5,7-8H2,1H3,(H,14,15). The zero-order valence-electron chi connectivity index (χ0n) is 9.81. The molecule has 2 unspecified atom stereocenters. The topological polar surface area (TPSA) is 49.3 Å². The second kappa shape index (κ2) is 5.42. The molecule has 1 aromatic rings. The molecule has 2 atom stereocenters. The maximum atomic E-state index is 11.6. The molecule has 17 heavy (non-hydrogen) atoms. The van der Waals surface area contributed by atoms with Crippen molar-refractivity contribution in [2.24, 2.45) is 0 Å². The normalized spacial score (nSPS) is 29.1. The second-order valence-corrected chi connectivity index (χ2v) is 6.81. The molecule has 1 saturated heterocycles. The van der Waals surface area contributed by atoms with Gasteiger partial charge in [0.25, 0.3) is 0 Å². The van der Waals surface area contributed by atoms with Crippen LogP contribution in [0.15, 0.2) is 17.5 Å². The molecule has 94 valence electrons. The third kappa shape index (κ3) is 2.67. The lowest BCUT2D eigenvalue weighted by atomic mass is 9.89. The summed E-state index contributed by atoms with van der Waals surface area (Å²) in [5.41, 5.74) is -0.757. The molecule has 2 N–H and O–H groups in total. The van der Waals surface area contributed by atoms with E-state index in [-0.39, 0.29) is 5.25 Å². The number of thiophene rings is 1. The minimum Gasteiger partial charge on any atom is -0.480 e. The van der Waals surface area contributed by atoms with E-state index in [0.29, 0.717) is 6.54 Å². The molecule has 3 nitrogen and oxygen atoms in total. The maximum Gasteiger partial charge on any atom is 0.325 e. The molecular weight excluding hydrogens is 254 g/mol. The molecular formula is C12H17NO2S2. The van der Waals surface area contributed by atoms with E-state index in [1.807, 2.05) is 24.4 Å². The van der Waals surface area contributed by atoms with Gasteiger partial charge < -0.3 is 5.11 Å².